The molecule has 1 aromatic carbocycles. The quantitative estimate of drug-likeness (QED) is 0.539. The van der Waals surface area contributed by atoms with Crippen molar-refractivity contribution in [3.05, 3.63) is 42.2 Å². The molecule has 3 aromatic rings. The zero-order chi connectivity index (χ0) is 25.6. The van der Waals surface area contributed by atoms with Gasteiger partial charge in [0, 0.05) is 42.6 Å². The van der Waals surface area contributed by atoms with Crippen molar-refractivity contribution in [3.63, 3.8) is 0 Å². The van der Waals surface area contributed by atoms with E-state index in [2.05, 4.69) is 64.1 Å². The number of nitriles is 1. The number of anilines is 4. The van der Waals surface area contributed by atoms with Crippen molar-refractivity contribution in [1.29, 1.82) is 5.26 Å². The molecule has 2 aliphatic heterocycles. The number of nitrogens with zero attached hydrogens (tertiary/aromatic N) is 6. The van der Waals surface area contributed by atoms with Gasteiger partial charge >= 0.3 is 0 Å². The lowest BCUT2D eigenvalue weighted by Crippen LogP contribution is -2.54. The molecule has 188 valence electrons. The molecular formula is C27H32FN7O. The minimum absolute atomic E-state index is 0.0357. The molecular weight excluding hydrogens is 457 g/mol. The molecule has 0 unspecified atom stereocenters. The Morgan fingerprint density at radius 1 is 1.22 bits per heavy atom. The first-order valence-electron chi connectivity index (χ1n) is 12.5. The van der Waals surface area contributed by atoms with Crippen LogP contribution in [0, 0.1) is 17.2 Å². The molecule has 0 bridgehead atoms. The van der Waals surface area contributed by atoms with E-state index in [1.165, 1.54) is 12.5 Å². The molecule has 36 heavy (non-hydrogen) atoms. The zero-order valence-electron chi connectivity index (χ0n) is 21.1. The van der Waals surface area contributed by atoms with Gasteiger partial charge in [-0.15, -0.1) is 0 Å². The monoisotopic (exact) mass is 489 g/mol. The van der Waals surface area contributed by atoms with E-state index >= 15 is 0 Å². The van der Waals surface area contributed by atoms with Gasteiger partial charge in [0.1, 0.15) is 11.6 Å². The molecule has 2 fully saturated rings. The van der Waals surface area contributed by atoms with Crippen molar-refractivity contribution in [2.75, 3.05) is 34.8 Å². The van der Waals surface area contributed by atoms with Crippen LogP contribution in [0.4, 0.5) is 27.7 Å². The highest BCUT2D eigenvalue weighted by Gasteiger charge is 2.40. The molecule has 2 saturated heterocycles. The van der Waals surface area contributed by atoms with Gasteiger partial charge in [0.25, 0.3) is 0 Å². The van der Waals surface area contributed by atoms with Crippen molar-refractivity contribution in [2.24, 2.45) is 5.92 Å². The van der Waals surface area contributed by atoms with Crippen LogP contribution in [-0.2, 0) is 0 Å². The summed E-state index contributed by atoms with van der Waals surface area (Å²) in [5, 5.41) is 24.7. The van der Waals surface area contributed by atoms with Crippen LogP contribution in [0.25, 0.3) is 10.8 Å². The van der Waals surface area contributed by atoms with Crippen molar-refractivity contribution in [3.8, 4) is 6.07 Å². The fourth-order valence-electron chi connectivity index (χ4n) is 5.15. The molecule has 2 aromatic heterocycles. The van der Waals surface area contributed by atoms with Gasteiger partial charge in [-0.1, -0.05) is 19.9 Å². The van der Waals surface area contributed by atoms with Crippen LogP contribution in [0.2, 0.25) is 0 Å². The Balaban J connectivity index is 1.44. The lowest BCUT2D eigenvalue weighted by atomic mass is 9.88. The van der Waals surface area contributed by atoms with E-state index < -0.39 is 11.8 Å². The second-order valence-corrected chi connectivity index (χ2v) is 10.4. The number of nitrogens with one attached hydrogen (secondary N) is 1. The first-order chi connectivity index (χ1) is 17.2. The summed E-state index contributed by atoms with van der Waals surface area (Å²) >= 11 is 0. The summed E-state index contributed by atoms with van der Waals surface area (Å²) < 4.78 is 14.7. The molecule has 5 rings (SSSR count). The van der Waals surface area contributed by atoms with Gasteiger partial charge in [-0.25, -0.2) is 14.4 Å². The number of hydrogen-bond acceptors (Lipinski definition) is 8. The van der Waals surface area contributed by atoms with E-state index in [-0.39, 0.29) is 18.5 Å². The molecule has 8 nitrogen and oxygen atoms in total. The number of aromatic nitrogens is 3. The number of halogens is 1. The second-order valence-electron chi connectivity index (χ2n) is 10.4. The maximum Gasteiger partial charge on any atom is 0.227 e. The van der Waals surface area contributed by atoms with E-state index in [0.29, 0.717) is 36.5 Å². The van der Waals surface area contributed by atoms with E-state index in [4.69, 9.17) is 0 Å². The smallest absolute Gasteiger partial charge is 0.227 e. The Bertz CT molecular complexity index is 1320. The summed E-state index contributed by atoms with van der Waals surface area (Å²) in [6.45, 7) is 9.09. The van der Waals surface area contributed by atoms with E-state index in [0.717, 1.165) is 23.0 Å². The SMILES string of the molecule is CC(C)c1ccc(N2C[C@H](C#N)[C@H]2C)c2cnc(Nc3ccnc(N4CC[C@@H](O)[C@@](C)(F)C4)n3)cc12. The minimum atomic E-state index is -1.71. The van der Waals surface area contributed by atoms with E-state index in [9.17, 15) is 14.8 Å². The number of fused-ring (bicyclic) bond motifs is 1. The molecule has 2 aliphatic rings. The van der Waals surface area contributed by atoms with E-state index in [1.807, 2.05) is 12.3 Å². The lowest BCUT2D eigenvalue weighted by molar-refractivity contribution is -0.00860. The zero-order valence-corrected chi connectivity index (χ0v) is 21.1. The average molecular weight is 490 g/mol. The number of hydrogen-bond donors (Lipinski definition) is 2. The third-order valence-corrected chi connectivity index (χ3v) is 7.53. The molecule has 0 spiro atoms. The normalized spacial score (nSPS) is 26.1. The number of pyridine rings is 1. The van der Waals surface area contributed by atoms with Crippen molar-refractivity contribution < 1.29 is 9.50 Å². The predicted octanol–water partition coefficient (Wildman–Crippen LogP) is 4.54. The first kappa shape index (κ1) is 24.2. The van der Waals surface area contributed by atoms with Crippen LogP contribution in [0.1, 0.15) is 45.6 Å². The van der Waals surface area contributed by atoms with Gasteiger partial charge in [0.15, 0.2) is 5.67 Å². The summed E-state index contributed by atoms with van der Waals surface area (Å²) in [6.07, 6.45) is 2.86. The van der Waals surface area contributed by atoms with Crippen molar-refractivity contribution >= 4 is 34.0 Å². The van der Waals surface area contributed by atoms with Gasteiger partial charge in [-0.2, -0.15) is 10.2 Å². The van der Waals surface area contributed by atoms with Gasteiger partial charge in [0.2, 0.25) is 5.95 Å². The molecule has 2 N–H and O–H groups in total. The van der Waals surface area contributed by atoms with Crippen LogP contribution < -0.4 is 15.1 Å². The highest BCUT2D eigenvalue weighted by atomic mass is 19.1. The van der Waals surface area contributed by atoms with Crippen molar-refractivity contribution in [2.45, 2.75) is 57.8 Å². The Morgan fingerprint density at radius 3 is 2.72 bits per heavy atom. The van der Waals surface area contributed by atoms with Gasteiger partial charge in [-0.05, 0) is 55.3 Å². The average Bonchev–Trinajstić information content (AvgIpc) is 2.85. The predicted molar refractivity (Wildman–Crippen MR) is 139 cm³/mol. The topological polar surface area (TPSA) is 101 Å². The van der Waals surface area contributed by atoms with Crippen molar-refractivity contribution in [1.82, 2.24) is 15.0 Å². The molecule has 0 saturated carbocycles. The van der Waals surface area contributed by atoms with Crippen LogP contribution >= 0.6 is 0 Å². The first-order valence-corrected chi connectivity index (χ1v) is 12.5. The Kier molecular flexibility index (Phi) is 6.17. The maximum absolute atomic E-state index is 14.7. The summed E-state index contributed by atoms with van der Waals surface area (Å²) in [6, 6.07) is 10.7. The van der Waals surface area contributed by atoms with Gasteiger partial charge < -0.3 is 20.2 Å². The fraction of sp³-hybridized carbons (Fsp3) is 0.481. The van der Waals surface area contributed by atoms with Crippen LogP contribution in [0.5, 0.6) is 0 Å². The number of alkyl halides is 1. The highest BCUT2D eigenvalue weighted by molar-refractivity contribution is 5.98. The fourth-order valence-corrected chi connectivity index (χ4v) is 5.15. The van der Waals surface area contributed by atoms with Crippen LogP contribution in [-0.4, -0.2) is 57.5 Å². The number of aliphatic hydroxyl groups excluding tert-OH is 1. The highest BCUT2D eigenvalue weighted by Crippen LogP contribution is 2.39. The number of benzene rings is 1. The standard InChI is InChI=1S/C27H32FN7O/c1-16(2)19-5-6-22(35-14-18(12-29)17(35)3)21-13-31-25(11-20(19)21)32-24-7-9-30-26(33-24)34-10-8-23(36)27(4,28)15-34/h5-7,9,11,13,16-18,23,36H,8,10,14-15H2,1-4H3,(H,30,31,32,33)/t17-,18+,23-,27+/m1/s1. The lowest BCUT2D eigenvalue weighted by Gasteiger charge is -2.45. The van der Waals surface area contributed by atoms with Gasteiger partial charge in [-0.3, -0.25) is 0 Å². The summed E-state index contributed by atoms with van der Waals surface area (Å²) in [5.74, 6) is 2.01. The number of rotatable bonds is 5. The third-order valence-electron chi connectivity index (χ3n) is 7.53. The van der Waals surface area contributed by atoms with E-state index in [1.54, 1.807) is 17.2 Å². The largest absolute Gasteiger partial charge is 0.390 e. The second kappa shape index (κ2) is 9.17. The van der Waals surface area contributed by atoms with Crippen LogP contribution in [0.15, 0.2) is 36.7 Å². The Labute approximate surface area is 210 Å². The summed E-state index contributed by atoms with van der Waals surface area (Å²) in [5.41, 5.74) is 0.608. The summed E-state index contributed by atoms with van der Waals surface area (Å²) in [4.78, 5) is 17.6. The Morgan fingerprint density at radius 2 is 2.03 bits per heavy atom. The number of piperidine rings is 1. The molecule has 0 radical (unpaired) electrons. The Hall–Kier alpha value is -3.51. The van der Waals surface area contributed by atoms with Crippen LogP contribution in [0.3, 0.4) is 0 Å². The van der Waals surface area contributed by atoms with Gasteiger partial charge in [0.05, 0.1) is 24.6 Å². The summed E-state index contributed by atoms with van der Waals surface area (Å²) in [7, 11) is 0. The molecule has 9 heteroatoms. The molecule has 4 heterocycles. The maximum atomic E-state index is 14.7. The number of aliphatic hydroxyl groups is 1. The molecule has 0 aliphatic carbocycles. The minimum Gasteiger partial charge on any atom is -0.390 e. The molecule has 4 atom stereocenters. The third kappa shape index (κ3) is 4.30. The molecule has 0 amide bonds.